The van der Waals surface area contributed by atoms with Gasteiger partial charge in [-0.2, -0.15) is 9.67 Å². The maximum absolute atomic E-state index is 13.3. The Morgan fingerprint density at radius 2 is 1.38 bits per heavy atom. The van der Waals surface area contributed by atoms with Gasteiger partial charge >= 0.3 is 57.4 Å². The minimum atomic E-state index is -4.69. The van der Waals surface area contributed by atoms with Crippen LogP contribution in [0.3, 0.4) is 0 Å². The Kier molecular flexibility index (Phi) is 13.7. The van der Waals surface area contributed by atoms with Crippen LogP contribution in [0.4, 0.5) is 10.5 Å². The van der Waals surface area contributed by atoms with Gasteiger partial charge in [-0.1, -0.05) is 30.0 Å². The molecule has 0 fully saturated rings. The quantitative estimate of drug-likeness (QED) is 0.148. The van der Waals surface area contributed by atoms with E-state index in [0.29, 0.717) is 33.6 Å². The fourth-order valence-electron chi connectivity index (χ4n) is 3.97. The van der Waals surface area contributed by atoms with Crippen LogP contribution in [0.5, 0.6) is 5.75 Å². The van der Waals surface area contributed by atoms with Crippen molar-refractivity contribution < 1.29 is 73.9 Å². The third kappa shape index (κ3) is 10.0. The first-order valence-electron chi connectivity index (χ1n) is 13.6. The average molecular weight is 715 g/mol. The summed E-state index contributed by atoms with van der Waals surface area (Å²) in [6.07, 6.45) is 7.44. The van der Waals surface area contributed by atoms with Crippen LogP contribution >= 0.6 is 11.8 Å². The van der Waals surface area contributed by atoms with Crippen molar-refractivity contribution in [1.29, 1.82) is 0 Å². The van der Waals surface area contributed by atoms with Gasteiger partial charge in [0.05, 0.1) is 16.3 Å². The third-order valence-electron chi connectivity index (χ3n) is 6.02. The molecular weight excluding hydrogens is 700 g/mol. The number of amides is 2. The van der Waals surface area contributed by atoms with Crippen molar-refractivity contribution in [2.75, 3.05) is 4.90 Å². The standard InChI is InChI=1S/C36H16N6O5S2.K/c1-2-3-4-5-6-7-8-9-10-11-12-16-27-47-31-23-19-28(20-24-31)33-34(48-36-38-39-40-42(36)30-17-14-13-15-18-30)41(35(43)37-33)29-21-25-32(26-22-29)49(44,45)46;/h1,13-15,17-26,34H,(H,44,45,46);/q;+1/p-1. The minimum absolute atomic E-state index is 0. The third-order valence-corrected chi connectivity index (χ3v) is 7.99. The van der Waals surface area contributed by atoms with E-state index in [2.05, 4.69) is 97.7 Å². The van der Waals surface area contributed by atoms with E-state index >= 15 is 0 Å². The molecular formula is C36H15KN6O5S2. The molecule has 4 aromatic rings. The van der Waals surface area contributed by atoms with E-state index in [1.54, 1.807) is 24.3 Å². The maximum atomic E-state index is 13.3. The van der Waals surface area contributed by atoms with Gasteiger partial charge in [0.25, 0.3) is 0 Å². The zero-order valence-electron chi connectivity index (χ0n) is 25.7. The zero-order valence-corrected chi connectivity index (χ0v) is 30.5. The molecule has 1 unspecified atom stereocenters. The Balaban J connectivity index is 0.00000562. The van der Waals surface area contributed by atoms with Gasteiger partial charge < -0.3 is 9.29 Å². The fourth-order valence-corrected chi connectivity index (χ4v) is 5.59. The molecule has 0 aliphatic carbocycles. The number of thioether (sulfide) groups is 1. The van der Waals surface area contributed by atoms with Crippen LogP contribution in [0.1, 0.15) is 5.56 Å². The molecule has 5 rings (SSSR count). The number of aliphatic imine (C=N–C) groups is 1. The molecule has 50 heavy (non-hydrogen) atoms. The fraction of sp³-hybridized carbons (Fsp3) is 0.0278. The summed E-state index contributed by atoms with van der Waals surface area (Å²) < 4.78 is 41.4. The summed E-state index contributed by atoms with van der Waals surface area (Å²) in [7, 11) is -4.69. The SMILES string of the molecule is C#CC#CC#CC#CC#CC#CC#COc1ccc(C2=NC(=O)N(c3ccc(S(=O)(=O)[O-])cc3)C2Sc2nnnn2-c2ccccc2)cc1.[K+]. The topological polar surface area (TPSA) is 143 Å². The molecule has 1 aliphatic heterocycles. The molecule has 14 heteroatoms. The smallest absolute Gasteiger partial charge is 0.744 e. The Labute approximate surface area is 334 Å². The predicted molar refractivity (Wildman–Crippen MR) is 180 cm³/mol. The number of hydrogen-bond acceptors (Lipinski definition) is 9. The molecule has 11 nitrogen and oxygen atoms in total. The van der Waals surface area contributed by atoms with Crippen LogP contribution in [-0.4, -0.2) is 50.3 Å². The molecule has 0 saturated heterocycles. The van der Waals surface area contributed by atoms with Crippen molar-refractivity contribution in [1.82, 2.24) is 20.2 Å². The first kappa shape index (κ1) is 37.3. The van der Waals surface area contributed by atoms with Gasteiger partial charge in [-0.05, 0) is 112 Å². The van der Waals surface area contributed by atoms with Gasteiger partial charge in [0.2, 0.25) is 5.16 Å². The molecule has 0 spiro atoms. The van der Waals surface area contributed by atoms with Gasteiger partial charge in [-0.25, -0.2) is 13.2 Å². The van der Waals surface area contributed by atoms with Gasteiger partial charge in [0.15, 0.2) is 0 Å². The number of ether oxygens (including phenoxy) is 1. The van der Waals surface area contributed by atoms with Crippen LogP contribution in [0.2, 0.25) is 0 Å². The van der Waals surface area contributed by atoms with Crippen LogP contribution in [0.25, 0.3) is 5.69 Å². The van der Waals surface area contributed by atoms with Crippen LogP contribution in [0.15, 0.2) is 93.9 Å². The number of aromatic nitrogens is 4. The predicted octanol–water partition coefficient (Wildman–Crippen LogP) is 0.108. The molecule has 3 aromatic carbocycles. The van der Waals surface area contributed by atoms with E-state index < -0.39 is 26.4 Å². The molecule has 0 radical (unpaired) electrons. The number of para-hydroxylation sites is 1. The Morgan fingerprint density at radius 1 is 0.780 bits per heavy atom. The van der Waals surface area contributed by atoms with Crippen molar-refractivity contribution in [2.24, 2.45) is 4.99 Å². The minimum Gasteiger partial charge on any atom is -0.744 e. The summed E-state index contributed by atoms with van der Waals surface area (Å²) in [5, 5.41) is 11.6. The van der Waals surface area contributed by atoms with Gasteiger partial charge in [-0.3, -0.25) is 4.90 Å². The summed E-state index contributed by atoms with van der Waals surface area (Å²) in [5.41, 5.74) is 1.95. The van der Waals surface area contributed by atoms with E-state index in [0.717, 1.165) is 23.9 Å². The number of rotatable bonds is 7. The van der Waals surface area contributed by atoms with Crippen molar-refractivity contribution >= 4 is 39.3 Å². The number of benzene rings is 3. The largest absolute Gasteiger partial charge is 1.00 e. The Hall–Kier alpha value is -5.51. The monoisotopic (exact) mass is 714 g/mol. The summed E-state index contributed by atoms with van der Waals surface area (Å²) in [5.74, 6) is 29.7. The first-order valence-corrected chi connectivity index (χ1v) is 15.8. The van der Waals surface area contributed by atoms with Crippen LogP contribution in [-0.2, 0) is 10.1 Å². The maximum Gasteiger partial charge on any atom is 1.00 e. The Morgan fingerprint density at radius 3 is 1.98 bits per heavy atom. The van der Waals surface area contributed by atoms with Crippen molar-refractivity contribution in [3.63, 3.8) is 0 Å². The van der Waals surface area contributed by atoms with Gasteiger partial charge in [0.1, 0.15) is 27.3 Å². The number of anilines is 1. The molecule has 2 amide bonds. The molecule has 232 valence electrons. The van der Waals surface area contributed by atoms with E-state index in [1.807, 2.05) is 30.3 Å². The first-order chi connectivity index (χ1) is 23.8. The van der Waals surface area contributed by atoms with Gasteiger partial charge in [0, 0.05) is 41.2 Å². The summed E-state index contributed by atoms with van der Waals surface area (Å²) >= 11 is 1.15. The van der Waals surface area contributed by atoms with Crippen molar-refractivity contribution in [2.45, 2.75) is 15.4 Å². The van der Waals surface area contributed by atoms with E-state index in [9.17, 15) is 17.8 Å². The second kappa shape index (κ2) is 18.3. The molecule has 2 heterocycles. The summed E-state index contributed by atoms with van der Waals surface area (Å²) in [6.45, 7) is 0. The number of tetrazole rings is 1. The molecule has 0 bridgehead atoms. The van der Waals surface area contributed by atoms with Crippen LogP contribution < -0.4 is 61.0 Å². The van der Waals surface area contributed by atoms with Gasteiger partial charge in [-0.15, -0.1) is 11.5 Å². The average Bonchev–Trinajstić information content (AvgIpc) is 3.71. The second-order valence-corrected chi connectivity index (χ2v) is 11.5. The Bertz CT molecular complexity index is 2490. The van der Waals surface area contributed by atoms with E-state index in [4.69, 9.17) is 11.2 Å². The zero-order chi connectivity index (χ0) is 34.5. The van der Waals surface area contributed by atoms with E-state index in [-0.39, 0.29) is 51.4 Å². The number of terminal acetylenes is 1. The number of carbonyl (C=O) groups excluding carboxylic acids is 1. The molecule has 1 aliphatic rings. The molecule has 1 atom stereocenters. The molecule has 0 N–H and O–H groups in total. The van der Waals surface area contributed by atoms with Crippen molar-refractivity contribution in [3.8, 4) is 95.0 Å². The normalized spacial score (nSPS) is 12.3. The number of hydrogen-bond donors (Lipinski definition) is 0. The van der Waals surface area contributed by atoms with Crippen LogP contribution in [0, 0.1) is 83.6 Å². The molecule has 0 saturated carbocycles. The number of carbonyl (C=O) groups is 1. The summed E-state index contributed by atoms with van der Waals surface area (Å²) in [4.78, 5) is 18.6. The number of urea groups is 1. The summed E-state index contributed by atoms with van der Waals surface area (Å²) in [6, 6.07) is 20.2. The second-order valence-electron chi connectivity index (χ2n) is 9.02. The van der Waals surface area contributed by atoms with Crippen molar-refractivity contribution in [3.05, 3.63) is 84.4 Å². The number of nitrogens with zero attached hydrogens (tertiary/aromatic N) is 6. The molecule has 1 aromatic heterocycles. The van der Waals surface area contributed by atoms with E-state index in [1.165, 1.54) is 21.7 Å².